The largest absolute Gasteiger partial charge is 0.337 e. The smallest absolute Gasteiger partial charge is 0.148 e. The lowest BCUT2D eigenvalue weighted by Crippen LogP contribution is -1.95. The van der Waals surface area contributed by atoms with E-state index in [1.807, 2.05) is 12.1 Å². The molecule has 2 heterocycles. The lowest BCUT2D eigenvalue weighted by Gasteiger charge is -1.95. The second-order valence-electron chi connectivity index (χ2n) is 4.27. The highest BCUT2D eigenvalue weighted by atomic mass is 32.1. The Hall–Kier alpha value is -1.65. The van der Waals surface area contributed by atoms with Crippen molar-refractivity contribution in [1.82, 2.24) is 9.97 Å². The molecule has 0 amide bonds. The molecule has 1 aromatic carbocycles. The van der Waals surface area contributed by atoms with Crippen LogP contribution in [-0.4, -0.2) is 9.97 Å². The third kappa shape index (κ3) is 1.83. The van der Waals surface area contributed by atoms with Crippen LogP contribution in [0, 0.1) is 0 Å². The van der Waals surface area contributed by atoms with E-state index in [9.17, 15) is 0 Å². The molecule has 0 saturated heterocycles. The second kappa shape index (κ2) is 4.55. The summed E-state index contributed by atoms with van der Waals surface area (Å²) in [5.41, 5.74) is 10.2. The van der Waals surface area contributed by atoms with Gasteiger partial charge in [-0.25, -0.2) is 4.98 Å². The van der Waals surface area contributed by atoms with Crippen molar-refractivity contribution in [1.29, 1.82) is 0 Å². The van der Waals surface area contributed by atoms with Crippen molar-refractivity contribution in [2.24, 2.45) is 5.73 Å². The quantitative estimate of drug-likeness (QED) is 0.756. The number of thiophene rings is 1. The standard InChI is InChI=1S/C14H15N3S/c1-2-10-5-6-18-13(10)14-16-11-4-3-9(8-15)7-12(11)17-14/h3-7H,2,8,15H2,1H3,(H,16,17). The molecule has 0 spiro atoms. The van der Waals surface area contributed by atoms with Gasteiger partial charge in [0.25, 0.3) is 0 Å². The number of rotatable bonds is 3. The zero-order valence-electron chi connectivity index (χ0n) is 10.2. The number of aromatic amines is 1. The predicted octanol–water partition coefficient (Wildman–Crippen LogP) is 3.31. The van der Waals surface area contributed by atoms with Crippen molar-refractivity contribution in [3.05, 3.63) is 40.8 Å². The molecule has 2 aromatic heterocycles. The summed E-state index contributed by atoms with van der Waals surface area (Å²) in [5, 5.41) is 2.12. The number of hydrogen-bond donors (Lipinski definition) is 2. The number of imidazole rings is 1. The van der Waals surface area contributed by atoms with Crippen molar-refractivity contribution in [3.63, 3.8) is 0 Å². The molecule has 3 aromatic rings. The van der Waals surface area contributed by atoms with E-state index in [0.29, 0.717) is 6.54 Å². The van der Waals surface area contributed by atoms with Gasteiger partial charge in [-0.1, -0.05) is 13.0 Å². The summed E-state index contributed by atoms with van der Waals surface area (Å²) in [4.78, 5) is 9.28. The third-order valence-electron chi connectivity index (χ3n) is 3.12. The minimum atomic E-state index is 0.559. The van der Waals surface area contributed by atoms with Crippen LogP contribution in [0.15, 0.2) is 29.6 Å². The Morgan fingerprint density at radius 1 is 1.33 bits per heavy atom. The highest BCUT2D eigenvalue weighted by Gasteiger charge is 2.10. The molecule has 0 aliphatic heterocycles. The van der Waals surface area contributed by atoms with E-state index in [-0.39, 0.29) is 0 Å². The zero-order valence-corrected chi connectivity index (χ0v) is 11.1. The Kier molecular flexibility index (Phi) is 2.89. The van der Waals surface area contributed by atoms with Crippen LogP contribution in [-0.2, 0) is 13.0 Å². The number of nitrogens with zero attached hydrogens (tertiary/aromatic N) is 1. The van der Waals surface area contributed by atoms with Crippen LogP contribution in [0.1, 0.15) is 18.1 Å². The topological polar surface area (TPSA) is 54.7 Å². The molecule has 0 atom stereocenters. The average Bonchev–Trinajstić information content (AvgIpc) is 3.03. The molecule has 4 heteroatoms. The number of nitrogens with two attached hydrogens (primary N) is 1. The number of aryl methyl sites for hydroxylation is 1. The molecule has 0 aliphatic rings. The number of H-pyrrole nitrogens is 1. The van der Waals surface area contributed by atoms with Gasteiger partial charge >= 0.3 is 0 Å². The first-order chi connectivity index (χ1) is 8.81. The summed E-state index contributed by atoms with van der Waals surface area (Å²) in [5.74, 6) is 0.964. The summed E-state index contributed by atoms with van der Waals surface area (Å²) in [7, 11) is 0. The lowest BCUT2D eigenvalue weighted by atomic mass is 10.2. The first-order valence-electron chi connectivity index (χ1n) is 6.07. The van der Waals surface area contributed by atoms with E-state index in [0.717, 1.165) is 28.8 Å². The van der Waals surface area contributed by atoms with Crippen molar-refractivity contribution < 1.29 is 0 Å². The first-order valence-corrected chi connectivity index (χ1v) is 6.95. The van der Waals surface area contributed by atoms with Gasteiger partial charge in [-0.15, -0.1) is 11.3 Å². The van der Waals surface area contributed by atoms with Crippen LogP contribution in [0.5, 0.6) is 0 Å². The summed E-state index contributed by atoms with van der Waals surface area (Å²) < 4.78 is 0. The summed E-state index contributed by atoms with van der Waals surface area (Å²) in [6, 6.07) is 8.29. The Bertz CT molecular complexity index is 681. The Labute approximate surface area is 110 Å². The van der Waals surface area contributed by atoms with Crippen molar-refractivity contribution >= 4 is 22.4 Å². The fraction of sp³-hybridized carbons (Fsp3) is 0.214. The van der Waals surface area contributed by atoms with Crippen molar-refractivity contribution in [2.45, 2.75) is 19.9 Å². The molecule has 3 nitrogen and oxygen atoms in total. The molecule has 92 valence electrons. The maximum atomic E-state index is 5.66. The van der Waals surface area contributed by atoms with Crippen LogP contribution < -0.4 is 5.73 Å². The van der Waals surface area contributed by atoms with Crippen LogP contribution in [0.3, 0.4) is 0 Å². The fourth-order valence-corrected chi connectivity index (χ4v) is 3.05. The summed E-state index contributed by atoms with van der Waals surface area (Å²) in [6.45, 7) is 2.73. The summed E-state index contributed by atoms with van der Waals surface area (Å²) >= 11 is 1.73. The van der Waals surface area contributed by atoms with Crippen molar-refractivity contribution in [3.8, 4) is 10.7 Å². The predicted molar refractivity (Wildman–Crippen MR) is 76.7 cm³/mol. The van der Waals surface area contributed by atoms with Gasteiger partial charge in [0.1, 0.15) is 5.82 Å². The number of benzene rings is 1. The van der Waals surface area contributed by atoms with E-state index < -0.39 is 0 Å². The van der Waals surface area contributed by atoms with Crippen LogP contribution in [0.4, 0.5) is 0 Å². The highest BCUT2D eigenvalue weighted by Crippen LogP contribution is 2.29. The van der Waals surface area contributed by atoms with E-state index in [4.69, 9.17) is 5.73 Å². The number of fused-ring (bicyclic) bond motifs is 1. The molecule has 0 bridgehead atoms. The number of hydrogen-bond acceptors (Lipinski definition) is 3. The normalized spacial score (nSPS) is 11.2. The van der Waals surface area contributed by atoms with E-state index in [2.05, 4.69) is 34.4 Å². The minimum absolute atomic E-state index is 0.559. The van der Waals surface area contributed by atoms with Gasteiger partial charge in [0, 0.05) is 6.54 Å². The lowest BCUT2D eigenvalue weighted by molar-refractivity contribution is 1.07. The fourth-order valence-electron chi connectivity index (χ4n) is 2.11. The first kappa shape index (κ1) is 11.4. The van der Waals surface area contributed by atoms with E-state index >= 15 is 0 Å². The Morgan fingerprint density at radius 2 is 2.22 bits per heavy atom. The van der Waals surface area contributed by atoms with E-state index in [1.54, 1.807) is 11.3 Å². The third-order valence-corrected chi connectivity index (χ3v) is 4.09. The average molecular weight is 257 g/mol. The van der Waals surface area contributed by atoms with Gasteiger partial charge in [0.05, 0.1) is 15.9 Å². The van der Waals surface area contributed by atoms with Crippen LogP contribution in [0.2, 0.25) is 0 Å². The maximum absolute atomic E-state index is 5.66. The molecule has 0 unspecified atom stereocenters. The molecule has 0 fully saturated rings. The van der Waals surface area contributed by atoms with Gasteiger partial charge in [-0.3, -0.25) is 0 Å². The molecule has 0 saturated carbocycles. The monoisotopic (exact) mass is 257 g/mol. The van der Waals surface area contributed by atoms with Gasteiger partial charge in [-0.05, 0) is 41.1 Å². The zero-order chi connectivity index (χ0) is 12.5. The molecular formula is C14H15N3S. The Balaban J connectivity index is 2.13. The van der Waals surface area contributed by atoms with Gasteiger partial charge in [0.15, 0.2) is 0 Å². The number of aromatic nitrogens is 2. The SMILES string of the molecule is CCc1ccsc1-c1nc2ccc(CN)cc2[nH]1. The van der Waals surface area contributed by atoms with Crippen molar-refractivity contribution in [2.75, 3.05) is 0 Å². The minimum Gasteiger partial charge on any atom is -0.337 e. The maximum Gasteiger partial charge on any atom is 0.148 e. The molecule has 3 N–H and O–H groups in total. The van der Waals surface area contributed by atoms with Crippen LogP contribution in [0.25, 0.3) is 21.7 Å². The second-order valence-corrected chi connectivity index (χ2v) is 5.19. The molecule has 18 heavy (non-hydrogen) atoms. The molecule has 0 radical (unpaired) electrons. The molecule has 0 aliphatic carbocycles. The van der Waals surface area contributed by atoms with Gasteiger partial charge < -0.3 is 10.7 Å². The van der Waals surface area contributed by atoms with Gasteiger partial charge in [0.2, 0.25) is 0 Å². The molecule has 3 rings (SSSR count). The van der Waals surface area contributed by atoms with E-state index in [1.165, 1.54) is 10.4 Å². The van der Waals surface area contributed by atoms with Crippen LogP contribution >= 0.6 is 11.3 Å². The molecular weight excluding hydrogens is 242 g/mol. The number of nitrogens with one attached hydrogen (secondary N) is 1. The van der Waals surface area contributed by atoms with Gasteiger partial charge in [-0.2, -0.15) is 0 Å². The summed E-state index contributed by atoms with van der Waals surface area (Å²) in [6.07, 6.45) is 1.03. The Morgan fingerprint density at radius 3 is 3.00 bits per heavy atom. The highest BCUT2D eigenvalue weighted by molar-refractivity contribution is 7.13.